The smallest absolute Gasteiger partial charge is 0.339 e. The Morgan fingerprint density at radius 3 is 1.65 bits per heavy atom. The van der Waals surface area contributed by atoms with Crippen molar-refractivity contribution < 1.29 is 19.1 Å². The van der Waals surface area contributed by atoms with Crippen LogP contribution in [0.1, 0.15) is 131 Å². The van der Waals surface area contributed by atoms with Gasteiger partial charge in [0, 0.05) is 0 Å². The molecule has 0 spiro atoms. The average molecular weight is 433 g/mol. The fourth-order valence-corrected chi connectivity index (χ4v) is 3.53. The number of esters is 2. The molecule has 1 aromatic carbocycles. The summed E-state index contributed by atoms with van der Waals surface area (Å²) >= 11 is 0. The van der Waals surface area contributed by atoms with Crippen molar-refractivity contribution in [2.24, 2.45) is 0 Å². The fraction of sp³-hybridized carbons (Fsp3) is 0.704. The fourth-order valence-electron chi connectivity index (χ4n) is 3.53. The maximum Gasteiger partial charge on any atom is 0.339 e. The lowest BCUT2D eigenvalue weighted by Gasteiger charge is -2.13. The van der Waals surface area contributed by atoms with E-state index in [9.17, 15) is 9.59 Å². The van der Waals surface area contributed by atoms with Gasteiger partial charge in [-0.1, -0.05) is 103 Å². The van der Waals surface area contributed by atoms with E-state index in [-0.39, 0.29) is 17.2 Å². The van der Waals surface area contributed by atoms with Crippen LogP contribution in [0.2, 0.25) is 0 Å². The quantitative estimate of drug-likeness (QED) is 0.175. The van der Waals surface area contributed by atoms with E-state index in [0.717, 1.165) is 19.3 Å². The summed E-state index contributed by atoms with van der Waals surface area (Å²) in [4.78, 5) is 24.7. The van der Waals surface area contributed by atoms with Gasteiger partial charge in [0.25, 0.3) is 0 Å². The summed E-state index contributed by atoms with van der Waals surface area (Å²) in [5, 5.41) is 0. The van der Waals surface area contributed by atoms with E-state index in [1.807, 2.05) is 13.8 Å². The Bertz CT molecular complexity index is 611. The van der Waals surface area contributed by atoms with Gasteiger partial charge in [-0.15, -0.1) is 0 Å². The predicted molar refractivity (Wildman–Crippen MR) is 128 cm³/mol. The summed E-state index contributed by atoms with van der Waals surface area (Å²) in [7, 11) is 0. The molecule has 0 aliphatic rings. The second-order valence-corrected chi connectivity index (χ2v) is 8.55. The van der Waals surface area contributed by atoms with Gasteiger partial charge in [-0.2, -0.15) is 0 Å². The van der Waals surface area contributed by atoms with Crippen molar-refractivity contribution in [2.45, 2.75) is 117 Å². The first-order valence-corrected chi connectivity index (χ1v) is 12.6. The summed E-state index contributed by atoms with van der Waals surface area (Å²) in [5.41, 5.74) is 0.559. The first-order chi connectivity index (χ1) is 15.1. The SMILES string of the molecule is CCCCCCCCCCCCCCCOC(=O)c1ccccc1C(=O)OC(C)CC. The first-order valence-electron chi connectivity index (χ1n) is 12.6. The molecule has 1 rings (SSSR count). The van der Waals surface area contributed by atoms with Crippen LogP contribution in [-0.2, 0) is 9.47 Å². The summed E-state index contributed by atoms with van der Waals surface area (Å²) in [6.07, 6.45) is 17.2. The minimum atomic E-state index is -0.470. The van der Waals surface area contributed by atoms with Crippen LogP contribution in [0.3, 0.4) is 0 Å². The molecule has 0 amide bonds. The van der Waals surface area contributed by atoms with Gasteiger partial charge in [0.2, 0.25) is 0 Å². The van der Waals surface area contributed by atoms with E-state index in [1.54, 1.807) is 24.3 Å². The summed E-state index contributed by atoms with van der Waals surface area (Å²) in [6.45, 7) is 6.45. The van der Waals surface area contributed by atoms with E-state index < -0.39 is 11.9 Å². The molecule has 0 N–H and O–H groups in total. The Morgan fingerprint density at radius 1 is 0.710 bits per heavy atom. The van der Waals surface area contributed by atoms with Crippen LogP contribution < -0.4 is 0 Å². The molecule has 1 unspecified atom stereocenters. The van der Waals surface area contributed by atoms with Crippen LogP contribution in [0.25, 0.3) is 0 Å². The number of carbonyl (C=O) groups excluding carboxylic acids is 2. The predicted octanol–water partition coefficient (Wildman–Crippen LogP) is 7.89. The largest absolute Gasteiger partial charge is 0.462 e. The van der Waals surface area contributed by atoms with E-state index in [2.05, 4.69) is 6.92 Å². The van der Waals surface area contributed by atoms with Gasteiger partial charge in [-0.3, -0.25) is 0 Å². The minimum Gasteiger partial charge on any atom is -0.462 e. The molecular weight excluding hydrogens is 388 g/mol. The lowest BCUT2D eigenvalue weighted by atomic mass is 10.0. The first kappa shape index (κ1) is 27.2. The molecule has 4 heteroatoms. The Kier molecular flexibility index (Phi) is 15.6. The molecular formula is C27H44O4. The lowest BCUT2D eigenvalue weighted by molar-refractivity contribution is 0.0321. The second kappa shape index (κ2) is 17.8. The monoisotopic (exact) mass is 432 g/mol. The molecule has 4 nitrogen and oxygen atoms in total. The number of carbonyl (C=O) groups is 2. The number of rotatable bonds is 18. The summed E-state index contributed by atoms with van der Waals surface area (Å²) in [6, 6.07) is 6.71. The molecule has 0 aromatic heterocycles. The van der Waals surface area contributed by atoms with Crippen molar-refractivity contribution in [3.8, 4) is 0 Å². The summed E-state index contributed by atoms with van der Waals surface area (Å²) in [5.74, 6) is -0.918. The van der Waals surface area contributed by atoms with Gasteiger partial charge in [0.05, 0.1) is 23.8 Å². The minimum absolute atomic E-state index is 0.178. The molecule has 0 aliphatic heterocycles. The van der Waals surface area contributed by atoms with Crippen LogP contribution >= 0.6 is 0 Å². The van der Waals surface area contributed by atoms with E-state index in [4.69, 9.17) is 9.47 Å². The third-order valence-corrected chi connectivity index (χ3v) is 5.73. The Hall–Kier alpha value is -1.84. The van der Waals surface area contributed by atoms with Gasteiger partial charge in [-0.25, -0.2) is 9.59 Å². The van der Waals surface area contributed by atoms with E-state index in [1.165, 1.54) is 70.6 Å². The Balaban J connectivity index is 2.13. The molecule has 176 valence electrons. The van der Waals surface area contributed by atoms with Crippen LogP contribution in [0.4, 0.5) is 0 Å². The zero-order chi connectivity index (χ0) is 22.7. The van der Waals surface area contributed by atoms with Crippen molar-refractivity contribution in [2.75, 3.05) is 6.61 Å². The third-order valence-electron chi connectivity index (χ3n) is 5.73. The zero-order valence-corrected chi connectivity index (χ0v) is 20.1. The van der Waals surface area contributed by atoms with Crippen molar-refractivity contribution >= 4 is 11.9 Å². The molecule has 0 fully saturated rings. The average Bonchev–Trinajstić information content (AvgIpc) is 2.79. The van der Waals surface area contributed by atoms with Gasteiger partial charge in [-0.05, 0) is 31.9 Å². The van der Waals surface area contributed by atoms with E-state index in [0.29, 0.717) is 6.61 Å². The highest BCUT2D eigenvalue weighted by molar-refractivity contribution is 6.03. The molecule has 0 heterocycles. The molecule has 0 saturated carbocycles. The normalized spacial score (nSPS) is 11.8. The Labute approximate surface area is 190 Å². The highest BCUT2D eigenvalue weighted by atomic mass is 16.5. The highest BCUT2D eigenvalue weighted by Crippen LogP contribution is 2.15. The number of hydrogen-bond donors (Lipinski definition) is 0. The van der Waals surface area contributed by atoms with Gasteiger partial charge < -0.3 is 9.47 Å². The topological polar surface area (TPSA) is 52.6 Å². The number of ether oxygens (including phenoxy) is 2. The maximum absolute atomic E-state index is 12.4. The number of hydrogen-bond acceptors (Lipinski definition) is 4. The van der Waals surface area contributed by atoms with Crippen molar-refractivity contribution in [3.05, 3.63) is 35.4 Å². The second-order valence-electron chi connectivity index (χ2n) is 8.55. The molecule has 0 saturated heterocycles. The standard InChI is InChI=1S/C27H44O4/c1-4-6-7-8-9-10-11-12-13-14-15-16-19-22-30-26(28)24-20-17-18-21-25(24)27(29)31-23(3)5-2/h17-18,20-21,23H,4-16,19,22H2,1-3H3. The van der Waals surface area contributed by atoms with Crippen molar-refractivity contribution in [1.29, 1.82) is 0 Å². The van der Waals surface area contributed by atoms with E-state index >= 15 is 0 Å². The molecule has 0 bridgehead atoms. The van der Waals surface area contributed by atoms with Gasteiger partial charge >= 0.3 is 11.9 Å². The lowest BCUT2D eigenvalue weighted by Crippen LogP contribution is -2.18. The maximum atomic E-state index is 12.4. The molecule has 1 aromatic rings. The molecule has 1 atom stereocenters. The van der Waals surface area contributed by atoms with Crippen LogP contribution in [0.5, 0.6) is 0 Å². The Morgan fingerprint density at radius 2 is 1.16 bits per heavy atom. The van der Waals surface area contributed by atoms with Crippen molar-refractivity contribution in [3.63, 3.8) is 0 Å². The third kappa shape index (κ3) is 12.6. The van der Waals surface area contributed by atoms with Crippen LogP contribution in [-0.4, -0.2) is 24.6 Å². The number of benzene rings is 1. The van der Waals surface area contributed by atoms with Crippen molar-refractivity contribution in [1.82, 2.24) is 0 Å². The number of unbranched alkanes of at least 4 members (excludes halogenated alkanes) is 12. The molecule has 31 heavy (non-hydrogen) atoms. The van der Waals surface area contributed by atoms with Gasteiger partial charge in [0.15, 0.2) is 0 Å². The zero-order valence-electron chi connectivity index (χ0n) is 20.1. The summed E-state index contributed by atoms with van der Waals surface area (Å²) < 4.78 is 10.8. The van der Waals surface area contributed by atoms with Crippen LogP contribution in [0.15, 0.2) is 24.3 Å². The molecule has 0 aliphatic carbocycles. The highest BCUT2D eigenvalue weighted by Gasteiger charge is 2.20. The molecule has 0 radical (unpaired) electrons. The van der Waals surface area contributed by atoms with Crippen LogP contribution in [0, 0.1) is 0 Å². The van der Waals surface area contributed by atoms with Gasteiger partial charge in [0.1, 0.15) is 0 Å².